The van der Waals surface area contributed by atoms with E-state index in [0.29, 0.717) is 11.5 Å². The third kappa shape index (κ3) is 2.84. The summed E-state index contributed by atoms with van der Waals surface area (Å²) >= 11 is 0. The summed E-state index contributed by atoms with van der Waals surface area (Å²) in [7, 11) is 0. The molecular weight excluding hydrogens is 332 g/mol. The lowest BCUT2D eigenvalue weighted by Gasteiger charge is -2.38. The molecule has 3 aromatic rings. The van der Waals surface area contributed by atoms with Crippen LogP contribution in [0.1, 0.15) is 31.4 Å². The SMILES string of the molecule is CC1(C)OC(c2ccc(-c3ccc([N+](=O)[O-])cc3)o2)Nc2ccccc21. The summed E-state index contributed by atoms with van der Waals surface area (Å²) in [6.45, 7) is 4.06. The number of para-hydroxylation sites is 1. The zero-order valence-corrected chi connectivity index (χ0v) is 14.4. The number of hydrogen-bond donors (Lipinski definition) is 1. The molecule has 0 aliphatic carbocycles. The number of nitro benzene ring substituents is 1. The van der Waals surface area contributed by atoms with Crippen LogP contribution in [0.15, 0.2) is 65.1 Å². The molecule has 1 atom stereocenters. The van der Waals surface area contributed by atoms with Gasteiger partial charge in [-0.2, -0.15) is 0 Å². The summed E-state index contributed by atoms with van der Waals surface area (Å²) in [5.74, 6) is 1.29. The van der Waals surface area contributed by atoms with E-state index in [2.05, 4.69) is 5.32 Å². The van der Waals surface area contributed by atoms with E-state index in [-0.39, 0.29) is 5.69 Å². The molecule has 6 heteroatoms. The van der Waals surface area contributed by atoms with Crippen LogP contribution in [0, 0.1) is 10.1 Å². The highest BCUT2D eigenvalue weighted by atomic mass is 16.6. The third-order valence-corrected chi connectivity index (χ3v) is 4.52. The quantitative estimate of drug-likeness (QED) is 0.517. The van der Waals surface area contributed by atoms with Crippen LogP contribution in [0.3, 0.4) is 0 Å². The number of fused-ring (bicyclic) bond motifs is 1. The van der Waals surface area contributed by atoms with E-state index < -0.39 is 16.8 Å². The summed E-state index contributed by atoms with van der Waals surface area (Å²) in [5, 5.41) is 14.1. The predicted octanol–water partition coefficient (Wildman–Crippen LogP) is 5.23. The maximum atomic E-state index is 10.8. The molecule has 26 heavy (non-hydrogen) atoms. The Morgan fingerprint density at radius 2 is 1.77 bits per heavy atom. The highest BCUT2D eigenvalue weighted by molar-refractivity contribution is 5.60. The number of rotatable bonds is 3. The van der Waals surface area contributed by atoms with Crippen molar-refractivity contribution in [3.63, 3.8) is 0 Å². The smallest absolute Gasteiger partial charge is 0.269 e. The van der Waals surface area contributed by atoms with E-state index in [1.807, 2.05) is 50.2 Å². The minimum Gasteiger partial charge on any atom is -0.456 e. The number of hydrogen-bond acceptors (Lipinski definition) is 5. The van der Waals surface area contributed by atoms with Gasteiger partial charge in [0.25, 0.3) is 5.69 Å². The number of furan rings is 1. The van der Waals surface area contributed by atoms with Crippen molar-refractivity contribution in [1.82, 2.24) is 0 Å². The fourth-order valence-corrected chi connectivity index (χ4v) is 3.19. The second-order valence-corrected chi connectivity index (χ2v) is 6.70. The Morgan fingerprint density at radius 3 is 2.50 bits per heavy atom. The lowest BCUT2D eigenvalue weighted by atomic mass is 9.94. The van der Waals surface area contributed by atoms with Crippen molar-refractivity contribution in [2.75, 3.05) is 5.32 Å². The van der Waals surface area contributed by atoms with E-state index >= 15 is 0 Å². The van der Waals surface area contributed by atoms with Gasteiger partial charge in [0.05, 0.1) is 10.5 Å². The number of nitrogens with zero attached hydrogens (tertiary/aromatic N) is 1. The van der Waals surface area contributed by atoms with Gasteiger partial charge in [0.2, 0.25) is 0 Å². The van der Waals surface area contributed by atoms with Crippen LogP contribution in [0.25, 0.3) is 11.3 Å². The zero-order chi connectivity index (χ0) is 18.3. The fraction of sp³-hybridized carbons (Fsp3) is 0.200. The van der Waals surface area contributed by atoms with Gasteiger partial charge >= 0.3 is 0 Å². The van der Waals surface area contributed by atoms with Crippen molar-refractivity contribution in [3.05, 3.63) is 82.1 Å². The summed E-state index contributed by atoms with van der Waals surface area (Å²) in [5.41, 5.74) is 2.49. The van der Waals surface area contributed by atoms with Gasteiger partial charge in [-0.1, -0.05) is 18.2 Å². The topological polar surface area (TPSA) is 77.5 Å². The third-order valence-electron chi connectivity index (χ3n) is 4.52. The van der Waals surface area contributed by atoms with E-state index in [4.69, 9.17) is 9.15 Å². The largest absolute Gasteiger partial charge is 0.456 e. The van der Waals surface area contributed by atoms with Crippen molar-refractivity contribution in [2.45, 2.75) is 25.7 Å². The van der Waals surface area contributed by atoms with Crippen molar-refractivity contribution >= 4 is 11.4 Å². The minimum absolute atomic E-state index is 0.0520. The summed E-state index contributed by atoms with van der Waals surface area (Å²) in [4.78, 5) is 10.4. The van der Waals surface area contributed by atoms with Crippen molar-refractivity contribution < 1.29 is 14.1 Å². The highest BCUT2D eigenvalue weighted by Gasteiger charge is 2.35. The predicted molar refractivity (Wildman–Crippen MR) is 97.7 cm³/mol. The number of non-ortho nitro benzene ring substituents is 1. The Morgan fingerprint density at radius 1 is 1.04 bits per heavy atom. The number of ether oxygens (including phenoxy) is 1. The number of anilines is 1. The molecule has 1 N–H and O–H groups in total. The molecule has 132 valence electrons. The molecule has 0 saturated carbocycles. The van der Waals surface area contributed by atoms with Crippen LogP contribution in [0.5, 0.6) is 0 Å². The summed E-state index contributed by atoms with van der Waals surface area (Å²) in [6.07, 6.45) is -0.410. The summed E-state index contributed by atoms with van der Waals surface area (Å²) in [6, 6.07) is 18.0. The van der Waals surface area contributed by atoms with Gasteiger partial charge in [-0.15, -0.1) is 0 Å². The number of nitrogens with one attached hydrogen (secondary N) is 1. The highest BCUT2D eigenvalue weighted by Crippen LogP contribution is 2.42. The molecular formula is C20H18N2O4. The van der Waals surface area contributed by atoms with E-state index in [1.54, 1.807) is 12.1 Å². The van der Waals surface area contributed by atoms with Crippen molar-refractivity contribution in [1.29, 1.82) is 0 Å². The molecule has 0 fully saturated rings. The number of benzene rings is 2. The maximum Gasteiger partial charge on any atom is 0.269 e. The Kier molecular flexibility index (Phi) is 3.77. The first-order chi connectivity index (χ1) is 12.4. The first-order valence-electron chi connectivity index (χ1n) is 8.32. The Balaban J connectivity index is 1.62. The van der Waals surface area contributed by atoms with Gasteiger partial charge in [0.1, 0.15) is 5.76 Å². The van der Waals surface area contributed by atoms with Crippen molar-refractivity contribution in [2.24, 2.45) is 0 Å². The first kappa shape index (κ1) is 16.4. The summed E-state index contributed by atoms with van der Waals surface area (Å²) < 4.78 is 12.2. The molecule has 0 radical (unpaired) electrons. The van der Waals surface area contributed by atoms with Crippen molar-refractivity contribution in [3.8, 4) is 11.3 Å². The molecule has 1 aliphatic rings. The lowest BCUT2D eigenvalue weighted by Crippen LogP contribution is -2.33. The molecule has 6 nitrogen and oxygen atoms in total. The fourth-order valence-electron chi connectivity index (χ4n) is 3.19. The molecule has 0 amide bonds. The normalized spacial score (nSPS) is 18.0. The van der Waals surface area contributed by atoms with Gasteiger partial charge in [-0.05, 0) is 44.2 Å². The second-order valence-electron chi connectivity index (χ2n) is 6.70. The van der Waals surface area contributed by atoms with E-state index in [9.17, 15) is 10.1 Å². The molecule has 0 saturated heterocycles. The molecule has 2 aromatic carbocycles. The van der Waals surface area contributed by atoms with E-state index in [0.717, 1.165) is 16.8 Å². The molecule has 1 aliphatic heterocycles. The molecule has 0 bridgehead atoms. The second kappa shape index (κ2) is 6.00. The maximum absolute atomic E-state index is 10.8. The van der Waals surface area contributed by atoms with Gasteiger partial charge in [-0.3, -0.25) is 10.1 Å². The van der Waals surface area contributed by atoms with Gasteiger partial charge in [0.15, 0.2) is 12.0 Å². The van der Waals surface area contributed by atoms with Gasteiger partial charge in [-0.25, -0.2) is 0 Å². The van der Waals surface area contributed by atoms with Crippen LogP contribution in [-0.4, -0.2) is 4.92 Å². The number of nitro groups is 1. The Bertz CT molecular complexity index is 960. The zero-order valence-electron chi connectivity index (χ0n) is 14.4. The van der Waals surface area contributed by atoms with Crippen LogP contribution < -0.4 is 5.32 Å². The molecule has 1 aromatic heterocycles. The molecule has 4 rings (SSSR count). The molecule has 2 heterocycles. The van der Waals surface area contributed by atoms with Crippen LogP contribution in [0.2, 0.25) is 0 Å². The standard InChI is InChI=1S/C20H18N2O4/c1-20(2)15-5-3-4-6-16(15)21-19(26-20)18-12-11-17(25-18)13-7-9-14(10-8-13)22(23)24/h3-12,19,21H,1-2H3. The van der Waals surface area contributed by atoms with Crippen LogP contribution in [0.4, 0.5) is 11.4 Å². The molecule has 0 spiro atoms. The van der Waals surface area contributed by atoms with Gasteiger partial charge < -0.3 is 14.5 Å². The lowest BCUT2D eigenvalue weighted by molar-refractivity contribution is -0.384. The van der Waals surface area contributed by atoms with Crippen LogP contribution >= 0.6 is 0 Å². The minimum atomic E-state index is -0.452. The monoisotopic (exact) mass is 350 g/mol. The average molecular weight is 350 g/mol. The molecule has 1 unspecified atom stereocenters. The first-order valence-corrected chi connectivity index (χ1v) is 8.32. The average Bonchev–Trinajstić information content (AvgIpc) is 3.11. The van der Waals surface area contributed by atoms with Gasteiger partial charge in [0, 0.05) is 28.9 Å². The van der Waals surface area contributed by atoms with E-state index in [1.165, 1.54) is 12.1 Å². The Hall–Kier alpha value is -3.12. The Labute approximate surface area is 150 Å². The van der Waals surface area contributed by atoms with Crippen LogP contribution in [-0.2, 0) is 10.3 Å².